The highest BCUT2D eigenvalue weighted by Crippen LogP contribution is 2.24. The Morgan fingerprint density at radius 3 is 2.69 bits per heavy atom. The van der Waals surface area contributed by atoms with Crippen molar-refractivity contribution in [2.75, 3.05) is 0 Å². The smallest absolute Gasteiger partial charge is 0.282 e. The van der Waals surface area contributed by atoms with Crippen molar-refractivity contribution >= 4 is 55.6 Å². The van der Waals surface area contributed by atoms with E-state index in [0.29, 0.717) is 29.7 Å². The molecular formula is C28H24BrClN4O. The molecule has 0 aliphatic heterocycles. The minimum atomic E-state index is -0.168. The van der Waals surface area contributed by atoms with Crippen LogP contribution < -0.4 is 5.56 Å². The van der Waals surface area contributed by atoms with E-state index in [1.165, 1.54) is 4.68 Å². The number of benzene rings is 3. The Hall–Kier alpha value is -3.22. The highest BCUT2D eigenvalue weighted by molar-refractivity contribution is 9.10. The molecule has 0 radical (unpaired) electrons. The molecule has 0 N–H and O–H groups in total. The molecule has 2 heterocycles. The molecule has 0 aliphatic rings. The Labute approximate surface area is 216 Å². The topological polar surface area (TPSA) is 52.2 Å². The van der Waals surface area contributed by atoms with Crippen LogP contribution in [0.5, 0.6) is 0 Å². The van der Waals surface area contributed by atoms with E-state index in [1.54, 1.807) is 12.3 Å². The van der Waals surface area contributed by atoms with Crippen LogP contribution in [0.15, 0.2) is 87.3 Å². The molecule has 0 aliphatic carbocycles. The van der Waals surface area contributed by atoms with Crippen LogP contribution in [-0.4, -0.2) is 20.4 Å². The lowest BCUT2D eigenvalue weighted by Crippen LogP contribution is -2.22. The predicted octanol–water partition coefficient (Wildman–Crippen LogP) is 7.04. The van der Waals surface area contributed by atoms with Crippen LogP contribution in [0.3, 0.4) is 0 Å². The number of halogens is 2. The summed E-state index contributed by atoms with van der Waals surface area (Å²) >= 11 is 9.88. The predicted molar refractivity (Wildman–Crippen MR) is 148 cm³/mol. The number of aryl methyl sites for hydroxylation is 1. The summed E-state index contributed by atoms with van der Waals surface area (Å²) in [5, 5.41) is 6.99. The third kappa shape index (κ3) is 4.81. The van der Waals surface area contributed by atoms with Gasteiger partial charge in [-0.3, -0.25) is 4.79 Å². The fraction of sp³-hybridized carbons (Fsp3) is 0.179. The van der Waals surface area contributed by atoms with Crippen LogP contribution in [-0.2, 0) is 13.0 Å². The fourth-order valence-electron chi connectivity index (χ4n) is 4.25. The fourth-order valence-corrected chi connectivity index (χ4v) is 4.81. The highest BCUT2D eigenvalue weighted by atomic mass is 79.9. The number of unbranched alkanes of at least 4 members (excludes halogenated alkanes) is 1. The normalized spacial score (nSPS) is 11.7. The summed E-state index contributed by atoms with van der Waals surface area (Å²) in [5.74, 6) is 0.669. The molecule has 0 amide bonds. The summed E-state index contributed by atoms with van der Waals surface area (Å²) in [5.41, 5.74) is 3.56. The maximum atomic E-state index is 13.4. The Bertz CT molecular complexity index is 1620. The third-order valence-electron chi connectivity index (χ3n) is 6.06. The number of para-hydroxylation sites is 1. The molecule has 0 fully saturated rings. The molecule has 0 unspecified atom stereocenters. The Morgan fingerprint density at radius 1 is 1.06 bits per heavy atom. The van der Waals surface area contributed by atoms with Gasteiger partial charge in [0, 0.05) is 45.1 Å². The average molecular weight is 548 g/mol. The van der Waals surface area contributed by atoms with Crippen molar-refractivity contribution in [3.05, 3.63) is 110 Å². The second kappa shape index (κ2) is 10.2. The summed E-state index contributed by atoms with van der Waals surface area (Å²) < 4.78 is 4.45. The summed E-state index contributed by atoms with van der Waals surface area (Å²) in [6, 6.07) is 21.6. The van der Waals surface area contributed by atoms with Gasteiger partial charge in [0.1, 0.15) is 5.82 Å². The molecule has 35 heavy (non-hydrogen) atoms. The first-order valence-electron chi connectivity index (χ1n) is 11.6. The minimum Gasteiger partial charge on any atom is -0.342 e. The van der Waals surface area contributed by atoms with Crippen molar-refractivity contribution in [2.45, 2.75) is 32.7 Å². The van der Waals surface area contributed by atoms with Crippen LogP contribution in [0.25, 0.3) is 21.8 Å². The van der Waals surface area contributed by atoms with E-state index in [0.717, 1.165) is 44.4 Å². The Balaban J connectivity index is 1.60. The van der Waals surface area contributed by atoms with E-state index in [1.807, 2.05) is 48.5 Å². The van der Waals surface area contributed by atoms with Crippen LogP contribution in [0.2, 0.25) is 5.02 Å². The maximum Gasteiger partial charge on any atom is 0.282 e. The summed E-state index contributed by atoms with van der Waals surface area (Å²) in [6.07, 6.45) is 6.44. The zero-order valence-corrected chi connectivity index (χ0v) is 21.6. The van der Waals surface area contributed by atoms with Crippen LogP contribution in [0.1, 0.15) is 36.7 Å². The molecule has 2 aromatic heterocycles. The zero-order chi connectivity index (χ0) is 24.4. The standard InChI is InChI=1S/C28H24BrClN4O/c1-2-3-12-27-32-25-14-13-21(29)15-23(25)28(35)34(27)31-16-20-18-33(26-11-7-5-9-22(20)26)17-19-8-4-6-10-24(19)30/h4-11,13-16,18H,2-3,12,17H2,1H3. The monoisotopic (exact) mass is 546 g/mol. The van der Waals surface area contributed by atoms with Gasteiger partial charge in [-0.05, 0) is 42.3 Å². The largest absolute Gasteiger partial charge is 0.342 e. The Kier molecular flexibility index (Phi) is 6.84. The average Bonchev–Trinajstić information content (AvgIpc) is 3.21. The van der Waals surface area contributed by atoms with Crippen LogP contribution in [0.4, 0.5) is 0 Å². The first-order valence-corrected chi connectivity index (χ1v) is 12.8. The number of rotatable bonds is 7. The number of fused-ring (bicyclic) bond motifs is 2. The molecule has 0 bridgehead atoms. The van der Waals surface area contributed by atoms with Gasteiger partial charge in [-0.25, -0.2) is 4.98 Å². The quantitative estimate of drug-likeness (QED) is 0.205. The number of aromatic nitrogens is 3. The molecule has 5 aromatic rings. The molecule has 5 nitrogen and oxygen atoms in total. The van der Waals surface area contributed by atoms with Gasteiger partial charge < -0.3 is 4.57 Å². The van der Waals surface area contributed by atoms with Gasteiger partial charge in [-0.15, -0.1) is 0 Å². The van der Waals surface area contributed by atoms with Gasteiger partial charge in [-0.2, -0.15) is 9.78 Å². The maximum absolute atomic E-state index is 13.4. The SMILES string of the molecule is CCCCc1nc2ccc(Br)cc2c(=O)n1N=Cc1cn(Cc2ccccc2Cl)c2ccccc12. The van der Waals surface area contributed by atoms with Crippen molar-refractivity contribution in [3.63, 3.8) is 0 Å². The van der Waals surface area contributed by atoms with Crippen molar-refractivity contribution in [1.29, 1.82) is 0 Å². The van der Waals surface area contributed by atoms with Crippen molar-refractivity contribution in [2.24, 2.45) is 5.10 Å². The van der Waals surface area contributed by atoms with E-state index in [-0.39, 0.29) is 5.56 Å². The first kappa shape index (κ1) is 23.5. The minimum absolute atomic E-state index is 0.168. The van der Waals surface area contributed by atoms with Gasteiger partial charge in [0.15, 0.2) is 0 Å². The number of hydrogen-bond acceptors (Lipinski definition) is 3. The Morgan fingerprint density at radius 2 is 1.86 bits per heavy atom. The molecular weight excluding hydrogens is 524 g/mol. The summed E-state index contributed by atoms with van der Waals surface area (Å²) in [6.45, 7) is 2.76. The van der Waals surface area contributed by atoms with Crippen molar-refractivity contribution in [1.82, 2.24) is 14.2 Å². The lowest BCUT2D eigenvalue weighted by atomic mass is 10.2. The highest BCUT2D eigenvalue weighted by Gasteiger charge is 2.12. The lowest BCUT2D eigenvalue weighted by Gasteiger charge is -2.09. The van der Waals surface area contributed by atoms with Gasteiger partial charge in [-0.1, -0.05) is 77.3 Å². The van der Waals surface area contributed by atoms with E-state index in [9.17, 15) is 4.79 Å². The van der Waals surface area contributed by atoms with Crippen LogP contribution in [0, 0.1) is 0 Å². The summed E-state index contributed by atoms with van der Waals surface area (Å²) in [4.78, 5) is 18.2. The molecule has 5 rings (SSSR count). The molecule has 0 saturated heterocycles. The second-order valence-corrected chi connectivity index (χ2v) is 9.80. The molecule has 0 spiro atoms. The van der Waals surface area contributed by atoms with Crippen LogP contribution >= 0.6 is 27.5 Å². The number of nitrogens with zero attached hydrogens (tertiary/aromatic N) is 4. The van der Waals surface area contributed by atoms with E-state index in [4.69, 9.17) is 16.6 Å². The van der Waals surface area contributed by atoms with Gasteiger partial charge in [0.05, 0.1) is 17.1 Å². The lowest BCUT2D eigenvalue weighted by molar-refractivity contribution is 0.675. The molecule has 3 aromatic carbocycles. The third-order valence-corrected chi connectivity index (χ3v) is 6.92. The van der Waals surface area contributed by atoms with E-state index in [2.05, 4.69) is 50.9 Å². The zero-order valence-electron chi connectivity index (χ0n) is 19.3. The van der Waals surface area contributed by atoms with Crippen molar-refractivity contribution < 1.29 is 0 Å². The number of hydrogen-bond donors (Lipinski definition) is 0. The van der Waals surface area contributed by atoms with Gasteiger partial charge in [0.25, 0.3) is 5.56 Å². The van der Waals surface area contributed by atoms with E-state index < -0.39 is 0 Å². The molecule has 0 saturated carbocycles. The van der Waals surface area contributed by atoms with E-state index >= 15 is 0 Å². The van der Waals surface area contributed by atoms with Crippen molar-refractivity contribution in [3.8, 4) is 0 Å². The molecule has 7 heteroatoms. The molecule has 0 atom stereocenters. The summed E-state index contributed by atoms with van der Waals surface area (Å²) in [7, 11) is 0. The van der Waals surface area contributed by atoms with Gasteiger partial charge >= 0.3 is 0 Å². The van der Waals surface area contributed by atoms with Gasteiger partial charge in [0.2, 0.25) is 0 Å². The second-order valence-electron chi connectivity index (χ2n) is 8.48. The first-order chi connectivity index (χ1) is 17.0. The molecule has 176 valence electrons.